The maximum absolute atomic E-state index is 6.52. The molecule has 0 bridgehead atoms. The first-order valence-corrected chi connectivity index (χ1v) is 17.9. The summed E-state index contributed by atoms with van der Waals surface area (Å²) < 4.78 is 39.0. The lowest BCUT2D eigenvalue weighted by Crippen LogP contribution is -2.07. The highest BCUT2D eigenvalue weighted by Gasteiger charge is 2.28. The van der Waals surface area contributed by atoms with Crippen LogP contribution in [0.1, 0.15) is 75.6 Å². The van der Waals surface area contributed by atoms with E-state index in [2.05, 4.69) is 39.8 Å². The van der Waals surface area contributed by atoms with Gasteiger partial charge in [-0.3, -0.25) is 0 Å². The highest BCUT2D eigenvalue weighted by molar-refractivity contribution is 7.43. The Morgan fingerprint density at radius 2 is 0.826 bits per heavy atom. The average Bonchev–Trinajstić information content (AvgIpc) is 3.01. The van der Waals surface area contributed by atoms with E-state index in [0.29, 0.717) is 11.5 Å². The predicted molar refractivity (Wildman–Crippen MR) is 188 cm³/mol. The first kappa shape index (κ1) is 33.6. The van der Waals surface area contributed by atoms with Crippen LogP contribution in [0.2, 0.25) is 0 Å². The molecule has 46 heavy (non-hydrogen) atoms. The number of hydrogen-bond acceptors (Lipinski definition) is 6. The van der Waals surface area contributed by atoms with Crippen molar-refractivity contribution in [3.05, 3.63) is 129 Å². The van der Waals surface area contributed by atoms with Crippen molar-refractivity contribution in [3.63, 3.8) is 0 Å². The lowest BCUT2D eigenvalue weighted by atomic mass is 10.00. The van der Waals surface area contributed by atoms with Gasteiger partial charge in [-0.25, -0.2) is 0 Å². The largest absolute Gasteiger partial charge is 0.530 e. The zero-order chi connectivity index (χ0) is 32.8. The van der Waals surface area contributed by atoms with E-state index in [1.54, 1.807) is 0 Å². The second-order valence-electron chi connectivity index (χ2n) is 12.0. The van der Waals surface area contributed by atoms with Crippen molar-refractivity contribution in [2.24, 2.45) is 0 Å². The second kappa shape index (κ2) is 15.2. The molecule has 0 amide bonds. The number of aryl methyl sites for hydroxylation is 4. The van der Waals surface area contributed by atoms with Gasteiger partial charge in [-0.2, -0.15) is 0 Å². The number of benzene rings is 3. The van der Waals surface area contributed by atoms with Crippen molar-refractivity contribution in [1.29, 1.82) is 0 Å². The van der Waals surface area contributed by atoms with E-state index in [-0.39, 0.29) is 0 Å². The fraction of sp³-hybridized carbons (Fsp3) is 0.316. The monoisotopic (exact) mass is 658 g/mol. The van der Waals surface area contributed by atoms with Crippen LogP contribution in [0, 0.1) is 27.7 Å². The third-order valence-electron chi connectivity index (χ3n) is 8.08. The van der Waals surface area contributed by atoms with Crippen LogP contribution in [-0.4, -0.2) is 0 Å². The summed E-state index contributed by atoms with van der Waals surface area (Å²) in [6, 6.07) is 19.6. The van der Waals surface area contributed by atoms with Crippen LogP contribution >= 0.6 is 17.2 Å². The second-order valence-corrected chi connectivity index (χ2v) is 14.0. The highest BCUT2D eigenvalue weighted by Crippen LogP contribution is 2.50. The summed E-state index contributed by atoms with van der Waals surface area (Å²) in [5.41, 5.74) is 8.60. The number of hydrogen-bond donors (Lipinski definition) is 0. The van der Waals surface area contributed by atoms with Gasteiger partial charge in [0.15, 0.2) is 0 Å². The number of para-hydroxylation sites is 2. The van der Waals surface area contributed by atoms with Gasteiger partial charge in [0, 0.05) is 6.07 Å². The Hall–Kier alpha value is -3.72. The molecule has 0 spiro atoms. The Labute approximate surface area is 276 Å². The van der Waals surface area contributed by atoms with Crippen LogP contribution in [0.25, 0.3) is 0 Å². The van der Waals surface area contributed by atoms with E-state index >= 15 is 0 Å². The molecule has 2 unspecified atom stereocenters. The molecule has 242 valence electrons. The minimum absolute atomic E-state index is 0.553. The van der Waals surface area contributed by atoms with Crippen LogP contribution in [0.5, 0.6) is 23.0 Å². The molecule has 6 nitrogen and oxygen atoms in total. The van der Waals surface area contributed by atoms with Crippen molar-refractivity contribution >= 4 is 17.2 Å². The highest BCUT2D eigenvalue weighted by atomic mass is 31.2. The van der Waals surface area contributed by atoms with Gasteiger partial charge in [-0.05, 0) is 138 Å². The third kappa shape index (κ3) is 8.35. The molecule has 0 aliphatic heterocycles. The van der Waals surface area contributed by atoms with Gasteiger partial charge in [-0.15, -0.1) is 0 Å². The molecular weight excluding hydrogens is 614 g/mol. The molecular formula is C38H44O6P2. The van der Waals surface area contributed by atoms with Crippen molar-refractivity contribution < 1.29 is 27.1 Å². The molecule has 0 aromatic heterocycles. The summed E-state index contributed by atoms with van der Waals surface area (Å²) in [6.07, 6.45) is 8.28. The lowest BCUT2D eigenvalue weighted by molar-refractivity contribution is 0.325. The molecule has 8 heteroatoms. The molecule has 0 heterocycles. The normalized spacial score (nSPS) is 16.3. The Morgan fingerprint density at radius 3 is 1.20 bits per heavy atom. The van der Waals surface area contributed by atoms with Crippen molar-refractivity contribution in [2.45, 2.75) is 81.1 Å². The Kier molecular flexibility index (Phi) is 11.1. The fourth-order valence-corrected chi connectivity index (χ4v) is 8.02. The number of allylic oxidation sites excluding steroid dienone is 6. The molecule has 5 rings (SSSR count). The zero-order valence-corrected chi connectivity index (χ0v) is 29.9. The molecule has 0 radical (unpaired) electrons. The van der Waals surface area contributed by atoms with E-state index in [0.717, 1.165) is 82.1 Å². The van der Waals surface area contributed by atoms with E-state index in [1.165, 1.54) is 11.1 Å². The van der Waals surface area contributed by atoms with E-state index in [1.807, 2.05) is 88.4 Å². The summed E-state index contributed by atoms with van der Waals surface area (Å²) in [4.78, 5) is 0. The predicted octanol–water partition coefficient (Wildman–Crippen LogP) is 12.4. The van der Waals surface area contributed by atoms with Crippen LogP contribution < -0.4 is 18.1 Å². The summed E-state index contributed by atoms with van der Waals surface area (Å²) in [5, 5.41) is 0. The van der Waals surface area contributed by atoms with Gasteiger partial charge in [0.25, 0.3) is 0 Å². The maximum Gasteiger partial charge on any atom is 0.530 e. The summed E-state index contributed by atoms with van der Waals surface area (Å²) in [6.45, 7) is 16.4. The zero-order valence-electron chi connectivity index (χ0n) is 28.1. The van der Waals surface area contributed by atoms with Gasteiger partial charge in [0.1, 0.15) is 34.5 Å². The Morgan fingerprint density at radius 1 is 0.457 bits per heavy atom. The van der Waals surface area contributed by atoms with Crippen molar-refractivity contribution in [1.82, 2.24) is 0 Å². The smallest absolute Gasteiger partial charge is 0.408 e. The molecule has 3 aromatic rings. The van der Waals surface area contributed by atoms with Crippen LogP contribution in [0.4, 0.5) is 0 Å². The molecule has 0 saturated carbocycles. The van der Waals surface area contributed by atoms with Gasteiger partial charge in [-0.1, -0.05) is 54.6 Å². The molecule has 2 aliphatic carbocycles. The first-order valence-electron chi connectivity index (χ1n) is 15.7. The molecule has 0 fully saturated rings. The van der Waals surface area contributed by atoms with Crippen molar-refractivity contribution in [2.75, 3.05) is 0 Å². The summed E-state index contributed by atoms with van der Waals surface area (Å²) in [5.74, 6) is 4.28. The Bertz CT molecular complexity index is 1540. The Balaban J connectivity index is 1.42. The van der Waals surface area contributed by atoms with Crippen molar-refractivity contribution in [3.8, 4) is 23.0 Å². The fourth-order valence-electron chi connectivity index (χ4n) is 5.45. The SMILES string of the molecule is CC1=CCCC(C)=C1OP(Oc1cccc(OP(OC2=C(C)CCC=C2C)Oc2c(C)cccc2C)c1)Oc1c(C)cccc1C. The quantitative estimate of drug-likeness (QED) is 0.181. The molecule has 0 N–H and O–H groups in total. The van der Waals surface area contributed by atoms with Gasteiger partial charge >= 0.3 is 17.2 Å². The standard InChI is InChI=1S/C38H44O6P2/c1-25-14-9-15-26(2)35(25)41-45(42-36-27(3)16-10-17-28(36)4)39-33-22-13-23-34(24-33)40-46(43-37-29(5)18-11-19-30(37)6)44-38-31(7)20-12-21-32(38)8/h9,11,13-16,18-20,22-24H,10,12,17,21H2,1-8H3. The molecule has 2 atom stereocenters. The molecule has 0 saturated heterocycles. The van der Waals surface area contributed by atoms with Crippen LogP contribution in [-0.2, 0) is 9.05 Å². The average molecular weight is 659 g/mol. The van der Waals surface area contributed by atoms with E-state index < -0.39 is 17.2 Å². The van der Waals surface area contributed by atoms with Gasteiger partial charge in [0.05, 0.1) is 0 Å². The summed E-state index contributed by atoms with van der Waals surface area (Å²) in [7, 11) is -3.71. The first-order chi connectivity index (χ1) is 22.1. The minimum Gasteiger partial charge on any atom is -0.408 e. The van der Waals surface area contributed by atoms with Gasteiger partial charge < -0.3 is 27.1 Å². The van der Waals surface area contributed by atoms with E-state index in [9.17, 15) is 0 Å². The van der Waals surface area contributed by atoms with E-state index in [4.69, 9.17) is 27.1 Å². The molecule has 2 aliphatic rings. The van der Waals surface area contributed by atoms with Gasteiger partial charge in [0.2, 0.25) is 0 Å². The molecule has 3 aromatic carbocycles. The third-order valence-corrected chi connectivity index (χ3v) is 10.1. The topological polar surface area (TPSA) is 55.4 Å². The maximum atomic E-state index is 6.52. The lowest BCUT2D eigenvalue weighted by Gasteiger charge is -2.25. The van der Waals surface area contributed by atoms with Crippen LogP contribution in [0.15, 0.2) is 107 Å². The summed E-state index contributed by atoms with van der Waals surface area (Å²) >= 11 is 0. The van der Waals surface area contributed by atoms with Crippen LogP contribution in [0.3, 0.4) is 0 Å². The minimum atomic E-state index is -1.86. The number of rotatable bonds is 12.